The Hall–Kier alpha value is -1.30. The Bertz CT molecular complexity index is 366. The molecule has 0 aliphatic heterocycles. The Kier molecular flexibility index (Phi) is 6.39. The van der Waals surface area contributed by atoms with Crippen LogP contribution in [0.3, 0.4) is 0 Å². The van der Waals surface area contributed by atoms with Crippen molar-refractivity contribution in [2.75, 3.05) is 0 Å². The normalized spacial score (nSPS) is 13.7. The molecule has 0 saturated carbocycles. The van der Waals surface area contributed by atoms with Crippen molar-refractivity contribution in [1.82, 2.24) is 0 Å². The third-order valence-corrected chi connectivity index (χ3v) is 2.60. The number of aryl methyl sites for hydroxylation is 1. The Morgan fingerprint density at radius 2 is 1.65 bits per heavy atom. The minimum atomic E-state index is 1.08. The van der Waals surface area contributed by atoms with E-state index in [0.717, 1.165) is 6.42 Å². The highest BCUT2D eigenvalue weighted by Crippen LogP contribution is 2.15. The van der Waals surface area contributed by atoms with E-state index in [1.54, 1.807) is 0 Å². The van der Waals surface area contributed by atoms with Crippen LogP contribution in [0.1, 0.15) is 44.2 Å². The molecule has 0 aromatic heterocycles. The lowest BCUT2D eigenvalue weighted by Gasteiger charge is -2.07. The van der Waals surface area contributed by atoms with Crippen LogP contribution in [0, 0.1) is 6.92 Å². The molecule has 92 valence electrons. The standard InChI is InChI=1S/C14H16.C3H8/c1-12-7-9-14(10-8-12)11-13-5-3-2-4-6-13;1-3-2/h3,5-10H,2,4,11H2,1H3;3H2,1-2H3. The molecule has 0 amide bonds. The fraction of sp³-hybridized carbons (Fsp3) is 0.412. The van der Waals surface area contributed by atoms with Crippen LogP contribution < -0.4 is 0 Å². The van der Waals surface area contributed by atoms with Gasteiger partial charge in [0.15, 0.2) is 0 Å². The minimum absolute atomic E-state index is 1.08. The van der Waals surface area contributed by atoms with Crippen LogP contribution in [-0.2, 0) is 6.42 Å². The first kappa shape index (κ1) is 13.8. The monoisotopic (exact) mass is 228 g/mol. The second kappa shape index (κ2) is 7.89. The molecule has 0 unspecified atom stereocenters. The molecule has 0 heteroatoms. The van der Waals surface area contributed by atoms with Crippen LogP contribution in [0.2, 0.25) is 0 Å². The molecule has 1 aliphatic rings. The quantitative estimate of drug-likeness (QED) is 0.650. The fourth-order valence-corrected chi connectivity index (χ4v) is 1.74. The van der Waals surface area contributed by atoms with Crippen LogP contribution in [0.25, 0.3) is 0 Å². The van der Waals surface area contributed by atoms with Crippen molar-refractivity contribution in [2.24, 2.45) is 0 Å². The Balaban J connectivity index is 0.000000437. The molecule has 0 bridgehead atoms. The van der Waals surface area contributed by atoms with E-state index >= 15 is 0 Å². The summed E-state index contributed by atoms with van der Waals surface area (Å²) in [7, 11) is 0. The molecule has 2 rings (SSSR count). The molecule has 17 heavy (non-hydrogen) atoms. The molecule has 0 fully saturated rings. The van der Waals surface area contributed by atoms with Gasteiger partial charge in [0.05, 0.1) is 0 Å². The summed E-state index contributed by atoms with van der Waals surface area (Å²) in [4.78, 5) is 0. The van der Waals surface area contributed by atoms with Gasteiger partial charge in [-0.25, -0.2) is 0 Å². The number of hydrogen-bond donors (Lipinski definition) is 0. The van der Waals surface area contributed by atoms with Gasteiger partial charge in [-0.15, -0.1) is 0 Å². The number of allylic oxidation sites excluding steroid dienone is 4. The van der Waals surface area contributed by atoms with E-state index in [9.17, 15) is 0 Å². The van der Waals surface area contributed by atoms with E-state index in [-0.39, 0.29) is 0 Å². The highest BCUT2D eigenvalue weighted by Gasteiger charge is 1.98. The first-order chi connectivity index (χ1) is 8.26. The zero-order valence-electron chi connectivity index (χ0n) is 11.4. The van der Waals surface area contributed by atoms with Crippen molar-refractivity contribution in [2.45, 2.75) is 46.5 Å². The molecule has 1 aromatic rings. The zero-order valence-corrected chi connectivity index (χ0v) is 11.4. The van der Waals surface area contributed by atoms with Gasteiger partial charge in [-0.05, 0) is 37.3 Å². The third kappa shape index (κ3) is 5.53. The molecule has 0 N–H and O–H groups in total. The molecule has 0 spiro atoms. The topological polar surface area (TPSA) is 0 Å². The van der Waals surface area contributed by atoms with Gasteiger partial charge in [0.2, 0.25) is 0 Å². The van der Waals surface area contributed by atoms with Crippen molar-refractivity contribution in [3.8, 4) is 0 Å². The van der Waals surface area contributed by atoms with Gasteiger partial charge in [0.25, 0.3) is 0 Å². The molecule has 1 aliphatic carbocycles. The van der Waals surface area contributed by atoms with Gasteiger partial charge in [-0.2, -0.15) is 0 Å². The van der Waals surface area contributed by atoms with Crippen LogP contribution >= 0.6 is 0 Å². The lowest BCUT2D eigenvalue weighted by Crippen LogP contribution is -1.91. The van der Waals surface area contributed by atoms with Crippen molar-refractivity contribution in [1.29, 1.82) is 0 Å². The maximum absolute atomic E-state index is 2.35. The molecule has 0 nitrogen and oxygen atoms in total. The van der Waals surface area contributed by atoms with Gasteiger partial charge >= 0.3 is 0 Å². The van der Waals surface area contributed by atoms with Crippen LogP contribution in [0.4, 0.5) is 0 Å². The van der Waals surface area contributed by atoms with Crippen molar-refractivity contribution < 1.29 is 0 Å². The molecule has 0 atom stereocenters. The highest BCUT2D eigenvalue weighted by atomic mass is 14.0. The Morgan fingerprint density at radius 3 is 2.18 bits per heavy atom. The highest BCUT2D eigenvalue weighted by molar-refractivity contribution is 5.31. The van der Waals surface area contributed by atoms with Crippen LogP contribution in [-0.4, -0.2) is 0 Å². The zero-order chi connectivity index (χ0) is 12.5. The van der Waals surface area contributed by atoms with Crippen LogP contribution in [0.5, 0.6) is 0 Å². The second-order valence-corrected chi connectivity index (χ2v) is 4.63. The summed E-state index contributed by atoms with van der Waals surface area (Å²) in [5, 5.41) is 0. The maximum atomic E-state index is 2.35. The second-order valence-electron chi connectivity index (χ2n) is 4.63. The lowest BCUT2D eigenvalue weighted by atomic mass is 9.99. The first-order valence-electron chi connectivity index (χ1n) is 6.67. The number of rotatable bonds is 2. The summed E-state index contributed by atoms with van der Waals surface area (Å²) in [6.07, 6.45) is 11.6. The Labute approximate surface area is 106 Å². The van der Waals surface area contributed by atoms with Gasteiger partial charge in [0, 0.05) is 0 Å². The number of benzene rings is 1. The van der Waals surface area contributed by atoms with Crippen LogP contribution in [0.15, 0.2) is 48.1 Å². The SMILES string of the molecule is CCC.Cc1ccc(CC2=CCCC=C2)cc1. The van der Waals surface area contributed by atoms with Crippen molar-refractivity contribution >= 4 is 0 Å². The van der Waals surface area contributed by atoms with E-state index in [2.05, 4.69) is 63.3 Å². The molecule has 0 heterocycles. The van der Waals surface area contributed by atoms with Gasteiger partial charge in [-0.1, -0.05) is 68.3 Å². The van der Waals surface area contributed by atoms with E-state index in [1.807, 2.05) is 0 Å². The summed E-state index contributed by atoms with van der Waals surface area (Å²) in [6, 6.07) is 8.81. The molecule has 0 radical (unpaired) electrons. The molecular formula is C17H24. The van der Waals surface area contributed by atoms with E-state index in [0.29, 0.717) is 0 Å². The molecular weight excluding hydrogens is 204 g/mol. The largest absolute Gasteiger partial charge is 0.0840 e. The molecule has 1 aromatic carbocycles. The first-order valence-corrected chi connectivity index (χ1v) is 6.67. The summed E-state index contributed by atoms with van der Waals surface area (Å²) in [5.74, 6) is 0. The predicted molar refractivity (Wildman–Crippen MR) is 77.3 cm³/mol. The number of hydrogen-bond acceptors (Lipinski definition) is 0. The van der Waals surface area contributed by atoms with Gasteiger partial charge in [-0.3, -0.25) is 0 Å². The van der Waals surface area contributed by atoms with Gasteiger partial charge in [0.1, 0.15) is 0 Å². The Morgan fingerprint density at radius 1 is 1.00 bits per heavy atom. The van der Waals surface area contributed by atoms with E-state index in [4.69, 9.17) is 0 Å². The maximum Gasteiger partial charge on any atom is -0.00290 e. The summed E-state index contributed by atoms with van der Waals surface area (Å²) in [5.41, 5.74) is 4.20. The average molecular weight is 228 g/mol. The third-order valence-electron chi connectivity index (χ3n) is 2.60. The van der Waals surface area contributed by atoms with E-state index in [1.165, 1.54) is 36.0 Å². The summed E-state index contributed by atoms with van der Waals surface area (Å²) in [6.45, 7) is 6.38. The predicted octanol–water partition coefficient (Wildman–Crippen LogP) is 5.23. The van der Waals surface area contributed by atoms with E-state index < -0.39 is 0 Å². The average Bonchev–Trinajstić information content (AvgIpc) is 2.35. The van der Waals surface area contributed by atoms with Crippen molar-refractivity contribution in [3.05, 3.63) is 59.2 Å². The fourth-order valence-electron chi connectivity index (χ4n) is 1.74. The minimum Gasteiger partial charge on any atom is -0.0840 e. The summed E-state index contributed by atoms with van der Waals surface area (Å²) >= 11 is 0. The smallest absolute Gasteiger partial charge is 0.00290 e. The lowest BCUT2D eigenvalue weighted by molar-refractivity contribution is 0.994. The summed E-state index contributed by atoms with van der Waals surface area (Å²) < 4.78 is 0. The van der Waals surface area contributed by atoms with Gasteiger partial charge < -0.3 is 0 Å². The van der Waals surface area contributed by atoms with Crippen molar-refractivity contribution in [3.63, 3.8) is 0 Å². The molecule has 0 saturated heterocycles.